The number of rotatable bonds is 5. The van der Waals surface area contributed by atoms with E-state index in [-0.39, 0.29) is 5.82 Å². The van der Waals surface area contributed by atoms with Gasteiger partial charge in [0.1, 0.15) is 5.82 Å². The summed E-state index contributed by atoms with van der Waals surface area (Å²) in [5.74, 6) is 1.51. The van der Waals surface area contributed by atoms with E-state index in [9.17, 15) is 4.39 Å². The molecule has 1 saturated carbocycles. The lowest BCUT2D eigenvalue weighted by Crippen LogP contribution is -2.28. The molecule has 1 aromatic carbocycles. The van der Waals surface area contributed by atoms with Gasteiger partial charge in [-0.2, -0.15) is 0 Å². The molecule has 0 radical (unpaired) electrons. The summed E-state index contributed by atoms with van der Waals surface area (Å²) < 4.78 is 12.9. The first-order valence-corrected chi connectivity index (χ1v) is 7.19. The van der Waals surface area contributed by atoms with Gasteiger partial charge in [0, 0.05) is 6.04 Å². The monoisotopic (exact) mass is 249 g/mol. The van der Waals surface area contributed by atoms with Gasteiger partial charge in [-0.25, -0.2) is 4.39 Å². The Morgan fingerprint density at radius 1 is 1.28 bits per heavy atom. The van der Waals surface area contributed by atoms with Crippen molar-refractivity contribution in [2.24, 2.45) is 11.8 Å². The number of halogens is 1. The lowest BCUT2D eigenvalue weighted by Gasteiger charge is -2.22. The first-order valence-electron chi connectivity index (χ1n) is 7.19. The Morgan fingerprint density at radius 2 is 2.00 bits per heavy atom. The molecule has 1 aliphatic carbocycles. The van der Waals surface area contributed by atoms with Crippen LogP contribution in [0.15, 0.2) is 24.3 Å². The second kappa shape index (κ2) is 6.33. The molecule has 1 nitrogen and oxygen atoms in total. The predicted octanol–water partition coefficient (Wildman–Crippen LogP) is 4.30. The molecular weight excluding hydrogens is 225 g/mol. The zero-order valence-electron chi connectivity index (χ0n) is 11.5. The van der Waals surface area contributed by atoms with Crippen molar-refractivity contribution < 1.29 is 4.39 Å². The fourth-order valence-corrected chi connectivity index (χ4v) is 3.01. The van der Waals surface area contributed by atoms with E-state index >= 15 is 0 Å². The Labute approximate surface area is 110 Å². The van der Waals surface area contributed by atoms with E-state index in [1.807, 2.05) is 12.1 Å². The molecule has 100 valence electrons. The molecule has 2 rings (SSSR count). The van der Waals surface area contributed by atoms with Gasteiger partial charge >= 0.3 is 0 Å². The minimum atomic E-state index is -0.155. The molecule has 0 amide bonds. The van der Waals surface area contributed by atoms with E-state index in [2.05, 4.69) is 19.2 Å². The highest BCUT2D eigenvalue weighted by atomic mass is 19.1. The molecule has 0 spiro atoms. The quantitative estimate of drug-likeness (QED) is 0.820. The molecule has 3 unspecified atom stereocenters. The summed E-state index contributed by atoms with van der Waals surface area (Å²) >= 11 is 0. The Morgan fingerprint density at radius 3 is 2.56 bits per heavy atom. The maximum Gasteiger partial charge on any atom is 0.123 e. The van der Waals surface area contributed by atoms with Gasteiger partial charge in [-0.15, -0.1) is 0 Å². The number of benzene rings is 1. The average molecular weight is 249 g/mol. The molecule has 0 bridgehead atoms. The van der Waals surface area contributed by atoms with Crippen molar-refractivity contribution in [3.8, 4) is 0 Å². The molecule has 1 N–H and O–H groups in total. The van der Waals surface area contributed by atoms with Crippen LogP contribution >= 0.6 is 0 Å². The van der Waals surface area contributed by atoms with Crippen molar-refractivity contribution in [1.82, 2.24) is 5.32 Å². The Bertz CT molecular complexity index is 360. The third-order valence-corrected chi connectivity index (χ3v) is 4.35. The van der Waals surface area contributed by atoms with Crippen LogP contribution in [0.3, 0.4) is 0 Å². The molecule has 1 aromatic rings. The Hall–Kier alpha value is -0.890. The van der Waals surface area contributed by atoms with Crippen LogP contribution in [0, 0.1) is 17.7 Å². The van der Waals surface area contributed by atoms with Crippen LogP contribution in [0.25, 0.3) is 0 Å². The van der Waals surface area contributed by atoms with Crippen LogP contribution in [0.2, 0.25) is 0 Å². The lowest BCUT2D eigenvalue weighted by atomic mass is 9.97. The van der Waals surface area contributed by atoms with Crippen LogP contribution in [-0.2, 0) is 0 Å². The Balaban J connectivity index is 1.91. The first-order chi connectivity index (χ1) is 8.70. The van der Waals surface area contributed by atoms with Crippen LogP contribution in [0.1, 0.15) is 51.1 Å². The summed E-state index contributed by atoms with van der Waals surface area (Å²) in [6.45, 7) is 5.63. The summed E-state index contributed by atoms with van der Waals surface area (Å²) in [5, 5.41) is 3.66. The third-order valence-electron chi connectivity index (χ3n) is 4.35. The Kier molecular flexibility index (Phi) is 4.76. The summed E-state index contributed by atoms with van der Waals surface area (Å²) in [7, 11) is 0. The molecule has 18 heavy (non-hydrogen) atoms. The zero-order chi connectivity index (χ0) is 13.0. The van der Waals surface area contributed by atoms with Crippen LogP contribution < -0.4 is 5.32 Å². The number of nitrogens with one attached hydrogen (secondary N) is 1. The third kappa shape index (κ3) is 3.32. The summed E-state index contributed by atoms with van der Waals surface area (Å²) in [6, 6.07) is 7.26. The smallest absolute Gasteiger partial charge is 0.123 e. The van der Waals surface area contributed by atoms with Crippen molar-refractivity contribution in [2.75, 3.05) is 6.54 Å². The maximum atomic E-state index is 12.9. The largest absolute Gasteiger partial charge is 0.310 e. The van der Waals surface area contributed by atoms with E-state index < -0.39 is 0 Å². The van der Waals surface area contributed by atoms with E-state index in [4.69, 9.17) is 0 Å². The van der Waals surface area contributed by atoms with Gasteiger partial charge in [0.05, 0.1) is 0 Å². The van der Waals surface area contributed by atoms with Gasteiger partial charge < -0.3 is 5.32 Å². The fourth-order valence-electron chi connectivity index (χ4n) is 3.01. The normalized spacial score (nSPS) is 25.3. The minimum absolute atomic E-state index is 0.155. The van der Waals surface area contributed by atoms with Gasteiger partial charge in [0.15, 0.2) is 0 Å². The minimum Gasteiger partial charge on any atom is -0.310 e. The van der Waals surface area contributed by atoms with Crippen molar-refractivity contribution in [3.63, 3.8) is 0 Å². The summed E-state index contributed by atoms with van der Waals surface area (Å²) in [4.78, 5) is 0. The van der Waals surface area contributed by atoms with Gasteiger partial charge in [-0.1, -0.05) is 38.8 Å². The highest BCUT2D eigenvalue weighted by Gasteiger charge is 2.23. The molecule has 2 heteroatoms. The standard InChI is InChI=1S/C16H24FN/c1-3-16(13-7-9-15(17)10-8-13)18-11-14-6-4-5-12(14)2/h7-10,12,14,16,18H,3-6,11H2,1-2H3. The van der Waals surface area contributed by atoms with Crippen molar-refractivity contribution in [2.45, 2.75) is 45.6 Å². The van der Waals surface area contributed by atoms with Crippen molar-refractivity contribution >= 4 is 0 Å². The molecule has 0 heterocycles. The number of hydrogen-bond acceptors (Lipinski definition) is 1. The fraction of sp³-hybridized carbons (Fsp3) is 0.625. The van der Waals surface area contributed by atoms with E-state index in [1.54, 1.807) is 12.1 Å². The van der Waals surface area contributed by atoms with Gasteiger partial charge in [-0.05, 0) is 48.9 Å². The van der Waals surface area contributed by atoms with Gasteiger partial charge in [-0.3, -0.25) is 0 Å². The SMILES string of the molecule is CCC(NCC1CCCC1C)c1ccc(F)cc1. The first kappa shape index (κ1) is 13.5. The van der Waals surface area contributed by atoms with Crippen molar-refractivity contribution in [1.29, 1.82) is 0 Å². The molecule has 0 saturated heterocycles. The van der Waals surface area contributed by atoms with E-state index in [0.29, 0.717) is 6.04 Å². The molecular formula is C16H24FN. The lowest BCUT2D eigenvalue weighted by molar-refractivity contribution is 0.365. The second-order valence-corrected chi connectivity index (χ2v) is 5.59. The summed E-state index contributed by atoms with van der Waals surface area (Å²) in [5.41, 5.74) is 1.20. The molecule has 1 fully saturated rings. The van der Waals surface area contributed by atoms with Crippen molar-refractivity contribution in [3.05, 3.63) is 35.6 Å². The average Bonchev–Trinajstić information content (AvgIpc) is 2.78. The van der Waals surface area contributed by atoms with Gasteiger partial charge in [0.2, 0.25) is 0 Å². The second-order valence-electron chi connectivity index (χ2n) is 5.59. The molecule has 0 aromatic heterocycles. The molecule has 0 aliphatic heterocycles. The van der Waals surface area contributed by atoms with Crippen LogP contribution in [-0.4, -0.2) is 6.54 Å². The predicted molar refractivity (Wildman–Crippen MR) is 73.9 cm³/mol. The number of hydrogen-bond donors (Lipinski definition) is 1. The summed E-state index contributed by atoms with van der Waals surface area (Å²) in [6.07, 6.45) is 5.15. The van der Waals surface area contributed by atoms with Crippen LogP contribution in [0.5, 0.6) is 0 Å². The maximum absolute atomic E-state index is 12.9. The topological polar surface area (TPSA) is 12.0 Å². The highest BCUT2D eigenvalue weighted by molar-refractivity contribution is 5.19. The molecule has 1 aliphatic rings. The highest BCUT2D eigenvalue weighted by Crippen LogP contribution is 2.31. The van der Waals surface area contributed by atoms with Gasteiger partial charge in [0.25, 0.3) is 0 Å². The van der Waals surface area contributed by atoms with Crippen LogP contribution in [0.4, 0.5) is 4.39 Å². The zero-order valence-corrected chi connectivity index (χ0v) is 11.5. The molecule has 3 atom stereocenters. The van der Waals surface area contributed by atoms with E-state index in [1.165, 1.54) is 24.8 Å². The van der Waals surface area contributed by atoms with E-state index in [0.717, 1.165) is 24.8 Å².